The monoisotopic (exact) mass is 381 g/mol. The minimum absolute atomic E-state index is 0.0650. The predicted octanol–water partition coefficient (Wildman–Crippen LogP) is 4.57. The van der Waals surface area contributed by atoms with Crippen molar-refractivity contribution in [1.29, 1.82) is 5.26 Å². The molecule has 140 valence electrons. The molecule has 3 aromatic carbocycles. The summed E-state index contributed by atoms with van der Waals surface area (Å²) in [6.45, 7) is 0. The number of benzene rings is 3. The molecule has 3 aromatic rings. The summed E-state index contributed by atoms with van der Waals surface area (Å²) < 4.78 is 5.53. The molecule has 4 rings (SSSR count). The number of ketones is 1. The smallest absolute Gasteiger partial charge is 0.205 e. The van der Waals surface area contributed by atoms with Crippen molar-refractivity contribution in [2.45, 2.75) is 12.0 Å². The summed E-state index contributed by atoms with van der Waals surface area (Å²) >= 11 is 0. The van der Waals surface area contributed by atoms with Gasteiger partial charge in [0.2, 0.25) is 5.88 Å². The molecular weight excluding hydrogens is 366 g/mol. The van der Waals surface area contributed by atoms with E-state index in [1.54, 1.807) is 36.4 Å². The van der Waals surface area contributed by atoms with Gasteiger partial charge in [-0.05, 0) is 28.4 Å². The Hall–Kier alpha value is -4.27. The molecule has 0 fully saturated rings. The zero-order valence-electron chi connectivity index (χ0n) is 15.2. The molecule has 1 heterocycles. The predicted molar refractivity (Wildman–Crippen MR) is 108 cm³/mol. The number of ether oxygens (including phenoxy) is 1. The van der Waals surface area contributed by atoms with Crippen LogP contribution in [0.2, 0.25) is 0 Å². The summed E-state index contributed by atoms with van der Waals surface area (Å²) in [6.07, 6.45) is 0. The maximum Gasteiger partial charge on any atom is 0.205 e. The highest BCUT2D eigenvalue weighted by molar-refractivity contribution is 6.04. The number of nitrogens with zero attached hydrogens (tertiary/aromatic N) is 4. The average Bonchev–Trinajstić information content (AvgIpc) is 2.76. The molecule has 0 aromatic heterocycles. The number of rotatable bonds is 4. The molecule has 0 bridgehead atoms. The van der Waals surface area contributed by atoms with Crippen LogP contribution in [0.4, 0.5) is 0 Å². The summed E-state index contributed by atoms with van der Waals surface area (Å²) in [5.74, 6) is -0.894. The molecule has 2 atom stereocenters. The van der Waals surface area contributed by atoms with Gasteiger partial charge in [0.1, 0.15) is 17.9 Å². The minimum atomic E-state index is -1.18. The second kappa shape index (κ2) is 7.39. The summed E-state index contributed by atoms with van der Waals surface area (Å²) in [5, 5.41) is 15.3. The van der Waals surface area contributed by atoms with E-state index in [2.05, 4.69) is 10.0 Å². The van der Waals surface area contributed by atoms with E-state index >= 15 is 0 Å². The topological polar surface area (TPSA) is 125 Å². The van der Waals surface area contributed by atoms with Gasteiger partial charge in [0.25, 0.3) is 0 Å². The van der Waals surface area contributed by atoms with E-state index in [0.717, 1.165) is 10.8 Å². The standard InChI is InChI=1S/C22H15N5O2/c23-12-17-19(16-7-3-4-8-18(16)29-22(17)24)20(26-27-25)21(28)15-10-9-13-5-1-2-6-14(13)11-15/h1-11,19-20H,24H2. The number of para-hydroxylation sites is 1. The molecule has 2 N–H and O–H groups in total. The fraction of sp³-hybridized carbons (Fsp3) is 0.0909. The lowest BCUT2D eigenvalue weighted by molar-refractivity contribution is 0.0952. The number of hydrogen-bond donors (Lipinski definition) is 1. The lowest BCUT2D eigenvalue weighted by Gasteiger charge is -2.29. The molecule has 0 amide bonds. The van der Waals surface area contributed by atoms with Crippen molar-refractivity contribution in [2.75, 3.05) is 0 Å². The highest BCUT2D eigenvalue weighted by Crippen LogP contribution is 2.41. The van der Waals surface area contributed by atoms with E-state index in [9.17, 15) is 10.1 Å². The molecule has 1 aliphatic rings. The van der Waals surface area contributed by atoms with Crippen molar-refractivity contribution in [3.05, 3.63) is 99.8 Å². The normalized spacial score (nSPS) is 16.2. The first-order valence-corrected chi connectivity index (χ1v) is 8.87. The minimum Gasteiger partial charge on any atom is -0.440 e. The van der Waals surface area contributed by atoms with Gasteiger partial charge < -0.3 is 10.5 Å². The molecule has 1 aliphatic heterocycles. The first-order chi connectivity index (χ1) is 14.1. The zero-order valence-corrected chi connectivity index (χ0v) is 15.2. The average molecular weight is 381 g/mol. The van der Waals surface area contributed by atoms with Crippen LogP contribution in [0, 0.1) is 11.3 Å². The van der Waals surface area contributed by atoms with Crippen LogP contribution in [0.3, 0.4) is 0 Å². The lowest BCUT2D eigenvalue weighted by atomic mass is 9.80. The number of carbonyl (C=O) groups is 1. The Kier molecular flexibility index (Phi) is 4.62. The molecule has 0 saturated heterocycles. The van der Waals surface area contributed by atoms with Crippen LogP contribution < -0.4 is 10.5 Å². The number of nitriles is 1. The van der Waals surface area contributed by atoms with Gasteiger partial charge in [-0.2, -0.15) is 5.26 Å². The number of hydrogen-bond acceptors (Lipinski definition) is 5. The van der Waals surface area contributed by atoms with E-state index in [-0.39, 0.29) is 11.5 Å². The number of Topliss-reactive ketones (excluding diaryl/α,β-unsaturated/α-hetero) is 1. The second-order valence-electron chi connectivity index (χ2n) is 6.58. The number of carbonyl (C=O) groups excluding carboxylic acids is 1. The Morgan fingerprint density at radius 1 is 1.14 bits per heavy atom. The van der Waals surface area contributed by atoms with Crippen LogP contribution in [-0.2, 0) is 0 Å². The molecule has 0 spiro atoms. The van der Waals surface area contributed by atoms with Gasteiger partial charge in [-0.1, -0.05) is 59.7 Å². The first-order valence-electron chi connectivity index (χ1n) is 8.87. The summed E-state index contributed by atoms with van der Waals surface area (Å²) in [5.41, 5.74) is 16.1. The Morgan fingerprint density at radius 3 is 2.62 bits per heavy atom. The molecule has 0 saturated carbocycles. The van der Waals surface area contributed by atoms with Crippen LogP contribution in [-0.4, -0.2) is 11.8 Å². The number of fused-ring (bicyclic) bond motifs is 2. The Labute approximate surface area is 166 Å². The van der Waals surface area contributed by atoms with Gasteiger partial charge in [-0.15, -0.1) is 0 Å². The van der Waals surface area contributed by atoms with Gasteiger partial charge in [-0.25, -0.2) is 0 Å². The fourth-order valence-electron chi connectivity index (χ4n) is 3.60. The highest BCUT2D eigenvalue weighted by Gasteiger charge is 2.38. The van der Waals surface area contributed by atoms with E-state index in [1.807, 2.05) is 36.4 Å². The lowest BCUT2D eigenvalue weighted by Crippen LogP contribution is -2.32. The largest absolute Gasteiger partial charge is 0.440 e. The van der Waals surface area contributed by atoms with E-state index in [0.29, 0.717) is 16.9 Å². The molecule has 2 unspecified atom stereocenters. The zero-order chi connectivity index (χ0) is 20.4. The Balaban J connectivity index is 1.85. The van der Waals surface area contributed by atoms with Gasteiger partial charge in [0, 0.05) is 22.0 Å². The van der Waals surface area contributed by atoms with Crippen molar-refractivity contribution in [1.82, 2.24) is 0 Å². The van der Waals surface area contributed by atoms with Crippen molar-refractivity contribution in [2.24, 2.45) is 10.8 Å². The maximum absolute atomic E-state index is 13.4. The Bertz CT molecular complexity index is 1250. The van der Waals surface area contributed by atoms with Crippen molar-refractivity contribution in [3.8, 4) is 11.8 Å². The van der Waals surface area contributed by atoms with Crippen LogP contribution in [0.25, 0.3) is 21.2 Å². The van der Waals surface area contributed by atoms with E-state index in [1.165, 1.54) is 0 Å². The van der Waals surface area contributed by atoms with E-state index in [4.69, 9.17) is 16.0 Å². The van der Waals surface area contributed by atoms with E-state index < -0.39 is 17.7 Å². The Morgan fingerprint density at radius 2 is 1.86 bits per heavy atom. The van der Waals surface area contributed by atoms with Gasteiger partial charge >= 0.3 is 0 Å². The van der Waals surface area contributed by atoms with Crippen LogP contribution in [0.1, 0.15) is 21.8 Å². The fourth-order valence-corrected chi connectivity index (χ4v) is 3.60. The molecule has 29 heavy (non-hydrogen) atoms. The molecule has 7 nitrogen and oxygen atoms in total. The first kappa shape index (κ1) is 18.1. The molecule has 0 aliphatic carbocycles. The van der Waals surface area contributed by atoms with Gasteiger partial charge in [-0.3, -0.25) is 4.79 Å². The van der Waals surface area contributed by atoms with Gasteiger partial charge in [0.05, 0.1) is 5.57 Å². The van der Waals surface area contributed by atoms with Crippen molar-refractivity contribution in [3.63, 3.8) is 0 Å². The highest BCUT2D eigenvalue weighted by atomic mass is 16.5. The maximum atomic E-state index is 13.4. The molecular formula is C22H15N5O2. The van der Waals surface area contributed by atoms with Crippen molar-refractivity contribution >= 4 is 16.6 Å². The third-order valence-electron chi connectivity index (χ3n) is 4.97. The van der Waals surface area contributed by atoms with Crippen LogP contribution >= 0.6 is 0 Å². The molecule has 7 heteroatoms. The number of azide groups is 1. The SMILES string of the molecule is N#CC1=C(N)Oc2ccccc2C1C(N=[N+]=[N-])C(=O)c1ccc2ccccc2c1. The number of nitrogens with two attached hydrogens (primary N) is 1. The van der Waals surface area contributed by atoms with Crippen molar-refractivity contribution < 1.29 is 9.53 Å². The summed E-state index contributed by atoms with van der Waals surface area (Å²) in [4.78, 5) is 16.3. The van der Waals surface area contributed by atoms with Gasteiger partial charge in [0.15, 0.2) is 5.78 Å². The summed E-state index contributed by atoms with van der Waals surface area (Å²) in [7, 11) is 0. The third-order valence-corrected chi connectivity index (χ3v) is 4.97. The van der Waals surface area contributed by atoms with Crippen LogP contribution in [0.5, 0.6) is 5.75 Å². The molecule has 0 radical (unpaired) electrons. The second-order valence-corrected chi connectivity index (χ2v) is 6.58. The third kappa shape index (κ3) is 3.14. The summed E-state index contributed by atoms with van der Waals surface area (Å²) in [6, 6.07) is 20.7. The van der Waals surface area contributed by atoms with Crippen LogP contribution in [0.15, 0.2) is 83.3 Å². The quantitative estimate of drug-likeness (QED) is 0.307.